The maximum atomic E-state index is 4.27. The lowest BCUT2D eigenvalue weighted by atomic mass is 10.1. The molecule has 2 rings (SSSR count). The molecule has 2 N–H and O–H groups in total. The van der Waals surface area contributed by atoms with Crippen LogP contribution in [0, 0.1) is 0 Å². The number of rotatable bonds is 6. The summed E-state index contributed by atoms with van der Waals surface area (Å²) in [6.07, 6.45) is 1.00. The normalized spacial score (nSPS) is 12.4. The van der Waals surface area contributed by atoms with E-state index < -0.39 is 0 Å². The fraction of sp³-hybridized carbons (Fsp3) is 0.353. The van der Waals surface area contributed by atoms with Gasteiger partial charge in [0, 0.05) is 20.1 Å². The highest BCUT2D eigenvalue weighted by molar-refractivity contribution is 14.0. The topological polar surface area (TPSA) is 36.4 Å². The Kier molecular flexibility index (Phi) is 9.15. The number of nitrogens with zero attached hydrogens (tertiary/aromatic N) is 1. The Hall–Kier alpha value is -1.08. The van der Waals surface area contributed by atoms with Crippen molar-refractivity contribution in [3.8, 4) is 0 Å². The van der Waals surface area contributed by atoms with Gasteiger partial charge in [-0.15, -0.1) is 24.0 Å². The molecular weight excluding hydrogens is 405 g/mol. The third-order valence-corrected chi connectivity index (χ3v) is 4.16. The van der Waals surface area contributed by atoms with E-state index in [2.05, 4.69) is 63.6 Å². The minimum atomic E-state index is 0. The molecule has 3 nitrogen and oxygen atoms in total. The molecule has 0 amide bonds. The molecule has 0 aliphatic carbocycles. The lowest BCUT2D eigenvalue weighted by Crippen LogP contribution is -2.39. The van der Waals surface area contributed by atoms with Gasteiger partial charge in [0.1, 0.15) is 0 Å². The predicted octanol–water partition coefficient (Wildman–Crippen LogP) is 3.88. The van der Waals surface area contributed by atoms with Gasteiger partial charge < -0.3 is 10.6 Å². The van der Waals surface area contributed by atoms with Crippen LogP contribution in [0.5, 0.6) is 0 Å². The molecule has 5 heteroatoms. The number of aliphatic imine (C=N–C) groups is 1. The molecule has 0 radical (unpaired) electrons. The minimum Gasteiger partial charge on any atom is -0.356 e. The molecule has 120 valence electrons. The van der Waals surface area contributed by atoms with Crippen molar-refractivity contribution in [3.05, 3.63) is 58.3 Å². The van der Waals surface area contributed by atoms with Crippen molar-refractivity contribution in [2.45, 2.75) is 19.3 Å². The molecule has 1 atom stereocenters. The van der Waals surface area contributed by atoms with Gasteiger partial charge >= 0.3 is 0 Å². The molecule has 0 aliphatic heterocycles. The van der Waals surface area contributed by atoms with Crippen molar-refractivity contribution in [2.24, 2.45) is 4.99 Å². The Morgan fingerprint density at radius 3 is 2.59 bits per heavy atom. The predicted molar refractivity (Wildman–Crippen MR) is 108 cm³/mol. The average molecular weight is 429 g/mol. The highest BCUT2D eigenvalue weighted by Gasteiger charge is 2.06. The Bertz CT molecular complexity index is 540. The van der Waals surface area contributed by atoms with E-state index in [4.69, 9.17) is 0 Å². The maximum absolute atomic E-state index is 4.27. The zero-order valence-electron chi connectivity index (χ0n) is 13.1. The SMILES string of the molecule is CN=C(NCCc1ccccc1)NCC(C)c1ccsc1.I. The van der Waals surface area contributed by atoms with Crippen molar-refractivity contribution >= 4 is 41.3 Å². The van der Waals surface area contributed by atoms with E-state index in [1.807, 2.05) is 13.1 Å². The van der Waals surface area contributed by atoms with Crippen LogP contribution < -0.4 is 10.6 Å². The zero-order chi connectivity index (χ0) is 14.9. The summed E-state index contributed by atoms with van der Waals surface area (Å²) in [5, 5.41) is 11.1. The first-order chi connectivity index (χ1) is 10.3. The highest BCUT2D eigenvalue weighted by Crippen LogP contribution is 2.16. The van der Waals surface area contributed by atoms with Gasteiger partial charge in [-0.3, -0.25) is 4.99 Å². The number of hydrogen-bond donors (Lipinski definition) is 2. The molecule has 1 aromatic carbocycles. The lowest BCUT2D eigenvalue weighted by Gasteiger charge is -2.15. The Labute approximate surface area is 154 Å². The Morgan fingerprint density at radius 1 is 1.18 bits per heavy atom. The number of nitrogens with one attached hydrogen (secondary N) is 2. The van der Waals surface area contributed by atoms with Gasteiger partial charge in [-0.1, -0.05) is 37.3 Å². The van der Waals surface area contributed by atoms with Gasteiger partial charge in [-0.25, -0.2) is 0 Å². The fourth-order valence-electron chi connectivity index (χ4n) is 2.11. The second kappa shape index (κ2) is 10.6. The lowest BCUT2D eigenvalue weighted by molar-refractivity contribution is 0.700. The highest BCUT2D eigenvalue weighted by atomic mass is 127. The number of thiophene rings is 1. The van der Waals surface area contributed by atoms with Gasteiger partial charge in [0.2, 0.25) is 0 Å². The molecule has 0 aliphatic rings. The van der Waals surface area contributed by atoms with Crippen molar-refractivity contribution in [3.63, 3.8) is 0 Å². The van der Waals surface area contributed by atoms with Crippen LogP contribution in [-0.2, 0) is 6.42 Å². The standard InChI is InChI=1S/C17H23N3S.HI/c1-14(16-9-11-21-13-16)12-20-17(18-2)19-10-8-15-6-4-3-5-7-15;/h3-7,9,11,13-14H,8,10,12H2,1-2H3,(H2,18,19,20);1H. The first kappa shape index (κ1) is 19.0. The van der Waals surface area contributed by atoms with Crippen LogP contribution in [0.25, 0.3) is 0 Å². The third-order valence-electron chi connectivity index (χ3n) is 3.46. The molecule has 0 saturated carbocycles. The molecule has 2 aromatic rings. The number of hydrogen-bond acceptors (Lipinski definition) is 2. The molecule has 1 aromatic heterocycles. The van der Waals surface area contributed by atoms with Crippen molar-refractivity contribution in [1.82, 2.24) is 10.6 Å². The van der Waals surface area contributed by atoms with Gasteiger partial charge in [0.05, 0.1) is 0 Å². The summed E-state index contributed by atoms with van der Waals surface area (Å²) in [5.74, 6) is 1.36. The van der Waals surface area contributed by atoms with E-state index in [-0.39, 0.29) is 24.0 Å². The van der Waals surface area contributed by atoms with Crippen LogP contribution in [-0.4, -0.2) is 26.1 Å². The van der Waals surface area contributed by atoms with Crippen LogP contribution in [0.15, 0.2) is 52.2 Å². The van der Waals surface area contributed by atoms with E-state index in [0.717, 1.165) is 25.5 Å². The average Bonchev–Trinajstić information content (AvgIpc) is 3.06. The summed E-state index contributed by atoms with van der Waals surface area (Å²) in [7, 11) is 1.81. The molecule has 22 heavy (non-hydrogen) atoms. The molecule has 0 spiro atoms. The second-order valence-corrected chi connectivity index (χ2v) is 5.85. The summed E-state index contributed by atoms with van der Waals surface area (Å²) in [4.78, 5) is 4.27. The van der Waals surface area contributed by atoms with Crippen molar-refractivity contribution < 1.29 is 0 Å². The fourth-order valence-corrected chi connectivity index (χ4v) is 2.90. The van der Waals surface area contributed by atoms with Gasteiger partial charge in [0.25, 0.3) is 0 Å². The van der Waals surface area contributed by atoms with Crippen LogP contribution in [0.1, 0.15) is 24.0 Å². The third kappa shape index (κ3) is 6.36. The Balaban J connectivity index is 0.00000242. The van der Waals surface area contributed by atoms with Gasteiger partial charge in [-0.05, 0) is 40.3 Å². The molecular formula is C17H24IN3S. The van der Waals surface area contributed by atoms with E-state index in [1.165, 1.54) is 11.1 Å². The van der Waals surface area contributed by atoms with E-state index in [1.54, 1.807) is 11.3 Å². The summed E-state index contributed by atoms with van der Waals surface area (Å²) in [6.45, 7) is 4.00. The number of guanidine groups is 1. The quantitative estimate of drug-likeness (QED) is 0.416. The van der Waals surface area contributed by atoms with E-state index in [0.29, 0.717) is 5.92 Å². The number of halogens is 1. The Morgan fingerprint density at radius 2 is 1.95 bits per heavy atom. The minimum absolute atomic E-state index is 0. The van der Waals surface area contributed by atoms with Gasteiger partial charge in [-0.2, -0.15) is 11.3 Å². The first-order valence-electron chi connectivity index (χ1n) is 7.30. The molecule has 0 bridgehead atoms. The zero-order valence-corrected chi connectivity index (χ0v) is 16.2. The van der Waals surface area contributed by atoms with Crippen LogP contribution in [0.4, 0.5) is 0 Å². The van der Waals surface area contributed by atoms with E-state index in [9.17, 15) is 0 Å². The van der Waals surface area contributed by atoms with Gasteiger partial charge in [0.15, 0.2) is 5.96 Å². The summed E-state index contributed by atoms with van der Waals surface area (Å²) < 4.78 is 0. The molecule has 0 fully saturated rings. The van der Waals surface area contributed by atoms with Crippen LogP contribution in [0.3, 0.4) is 0 Å². The largest absolute Gasteiger partial charge is 0.356 e. The van der Waals surface area contributed by atoms with Crippen molar-refractivity contribution in [2.75, 3.05) is 20.1 Å². The molecule has 1 unspecified atom stereocenters. The monoisotopic (exact) mass is 429 g/mol. The molecule has 1 heterocycles. The first-order valence-corrected chi connectivity index (χ1v) is 8.24. The van der Waals surface area contributed by atoms with Crippen LogP contribution >= 0.6 is 35.3 Å². The summed E-state index contributed by atoms with van der Waals surface area (Å²) in [6, 6.07) is 12.7. The second-order valence-electron chi connectivity index (χ2n) is 5.07. The van der Waals surface area contributed by atoms with Crippen LogP contribution in [0.2, 0.25) is 0 Å². The number of benzene rings is 1. The summed E-state index contributed by atoms with van der Waals surface area (Å²) in [5.41, 5.74) is 2.72. The summed E-state index contributed by atoms with van der Waals surface area (Å²) >= 11 is 1.75. The van der Waals surface area contributed by atoms with E-state index >= 15 is 0 Å². The van der Waals surface area contributed by atoms with Crippen molar-refractivity contribution in [1.29, 1.82) is 0 Å². The molecule has 0 saturated heterocycles. The smallest absolute Gasteiger partial charge is 0.191 e. The maximum Gasteiger partial charge on any atom is 0.191 e.